The number of nitrogens with one attached hydrogen (secondary N) is 2. The molecule has 0 aliphatic heterocycles. The van der Waals surface area contributed by atoms with Crippen molar-refractivity contribution in [3.05, 3.63) is 42.2 Å². The number of rotatable bonds is 6. The van der Waals surface area contributed by atoms with Gasteiger partial charge >= 0.3 is 6.03 Å². The van der Waals surface area contributed by atoms with Crippen LogP contribution in [0.2, 0.25) is 0 Å². The maximum absolute atomic E-state index is 12.1. The molecule has 1 aliphatic carbocycles. The Morgan fingerprint density at radius 3 is 2.79 bits per heavy atom. The smallest absolute Gasteiger partial charge is 0.321 e. The lowest BCUT2D eigenvalue weighted by Crippen LogP contribution is -2.42. The minimum atomic E-state index is -0.500. The van der Waals surface area contributed by atoms with Crippen LogP contribution in [-0.2, 0) is 11.3 Å². The third-order valence-corrected chi connectivity index (χ3v) is 4.74. The number of urea groups is 1. The van der Waals surface area contributed by atoms with E-state index < -0.39 is 11.3 Å². The lowest BCUT2D eigenvalue weighted by molar-refractivity contribution is -0.119. The van der Waals surface area contributed by atoms with E-state index in [0.717, 1.165) is 18.4 Å². The number of imide groups is 1. The highest BCUT2D eigenvalue weighted by molar-refractivity contribution is 8.00. The summed E-state index contributed by atoms with van der Waals surface area (Å²) in [5.41, 5.74) is 0.972. The average Bonchev–Trinajstić information content (AvgIpc) is 3.33. The maximum atomic E-state index is 12.1. The van der Waals surface area contributed by atoms with Crippen molar-refractivity contribution in [2.75, 3.05) is 0 Å². The Bertz CT molecular complexity index is 714. The van der Waals surface area contributed by atoms with E-state index in [-0.39, 0.29) is 5.91 Å². The number of hydrogen-bond donors (Lipinski definition) is 2. The van der Waals surface area contributed by atoms with Crippen LogP contribution in [0.25, 0.3) is 0 Å². The molecule has 8 heteroatoms. The molecule has 0 bridgehead atoms. The van der Waals surface area contributed by atoms with Gasteiger partial charge in [-0.25, -0.2) is 4.79 Å². The van der Waals surface area contributed by atoms with Gasteiger partial charge in [-0.2, -0.15) is 0 Å². The molecule has 0 unspecified atom stereocenters. The molecule has 7 nitrogen and oxygen atoms in total. The zero-order chi connectivity index (χ0) is 16.9. The van der Waals surface area contributed by atoms with Gasteiger partial charge in [-0.05, 0) is 25.3 Å². The Labute approximate surface area is 144 Å². The second-order valence-electron chi connectivity index (χ2n) is 5.67. The van der Waals surface area contributed by atoms with Gasteiger partial charge in [0.25, 0.3) is 0 Å². The van der Waals surface area contributed by atoms with Crippen LogP contribution >= 0.6 is 11.8 Å². The van der Waals surface area contributed by atoms with E-state index >= 15 is 0 Å². The van der Waals surface area contributed by atoms with E-state index in [4.69, 9.17) is 0 Å². The summed E-state index contributed by atoms with van der Waals surface area (Å²) in [7, 11) is 0. The van der Waals surface area contributed by atoms with Gasteiger partial charge in [0.05, 0.1) is 5.25 Å². The molecule has 1 saturated carbocycles. The Morgan fingerprint density at radius 2 is 2.08 bits per heavy atom. The zero-order valence-electron chi connectivity index (χ0n) is 13.3. The number of carbonyl (C=O) groups is 2. The van der Waals surface area contributed by atoms with Crippen molar-refractivity contribution in [3.8, 4) is 0 Å². The van der Waals surface area contributed by atoms with Gasteiger partial charge in [0.15, 0.2) is 5.16 Å². The minimum Gasteiger partial charge on any atom is -0.334 e. The number of nitrogens with zero attached hydrogens (tertiary/aromatic N) is 3. The highest BCUT2D eigenvalue weighted by Crippen LogP contribution is 2.37. The summed E-state index contributed by atoms with van der Waals surface area (Å²) < 4.78 is 1.99. The van der Waals surface area contributed by atoms with E-state index in [1.807, 2.05) is 34.9 Å². The number of carbonyl (C=O) groups excluding carboxylic acids is 2. The first kappa shape index (κ1) is 16.5. The summed E-state index contributed by atoms with van der Waals surface area (Å²) in [5, 5.41) is 13.3. The van der Waals surface area contributed by atoms with Crippen LogP contribution in [0.5, 0.6) is 0 Å². The molecule has 1 aliphatic rings. The van der Waals surface area contributed by atoms with Gasteiger partial charge in [0.2, 0.25) is 5.91 Å². The Kier molecular flexibility index (Phi) is 5.14. The van der Waals surface area contributed by atoms with Gasteiger partial charge in [0, 0.05) is 12.6 Å². The fraction of sp³-hybridized carbons (Fsp3) is 0.375. The molecule has 24 heavy (non-hydrogen) atoms. The van der Waals surface area contributed by atoms with Crippen molar-refractivity contribution in [2.45, 2.75) is 42.8 Å². The van der Waals surface area contributed by atoms with Crippen LogP contribution in [0.15, 0.2) is 41.8 Å². The van der Waals surface area contributed by atoms with Gasteiger partial charge in [-0.1, -0.05) is 42.1 Å². The maximum Gasteiger partial charge on any atom is 0.321 e. The molecule has 1 atom stereocenters. The third kappa shape index (κ3) is 4.35. The third-order valence-electron chi connectivity index (χ3n) is 3.66. The minimum absolute atomic E-state index is 0.351. The first-order chi connectivity index (χ1) is 11.6. The van der Waals surface area contributed by atoms with E-state index in [0.29, 0.717) is 17.7 Å². The topological polar surface area (TPSA) is 88.9 Å². The predicted octanol–water partition coefficient (Wildman–Crippen LogP) is 2.12. The summed E-state index contributed by atoms with van der Waals surface area (Å²) in [6, 6.07) is 9.47. The van der Waals surface area contributed by atoms with E-state index in [1.165, 1.54) is 11.8 Å². The second-order valence-corrected chi connectivity index (χ2v) is 6.98. The number of aromatic nitrogens is 3. The van der Waals surface area contributed by atoms with Crippen molar-refractivity contribution < 1.29 is 9.59 Å². The summed E-state index contributed by atoms with van der Waals surface area (Å²) in [5.74, 6) is -0.351. The Hall–Kier alpha value is -2.35. The number of amides is 3. The summed E-state index contributed by atoms with van der Waals surface area (Å²) >= 11 is 1.31. The molecule has 3 rings (SSSR count). The summed E-state index contributed by atoms with van der Waals surface area (Å²) in [6.07, 6.45) is 3.93. The van der Waals surface area contributed by atoms with Crippen molar-refractivity contribution in [3.63, 3.8) is 0 Å². The van der Waals surface area contributed by atoms with E-state index in [9.17, 15) is 9.59 Å². The van der Waals surface area contributed by atoms with Gasteiger partial charge in [-0.3, -0.25) is 10.1 Å². The molecule has 1 fully saturated rings. The Morgan fingerprint density at radius 1 is 1.33 bits per heavy atom. The molecule has 126 valence electrons. The van der Waals surface area contributed by atoms with E-state index in [2.05, 4.69) is 20.8 Å². The van der Waals surface area contributed by atoms with Crippen molar-refractivity contribution in [2.24, 2.45) is 0 Å². The van der Waals surface area contributed by atoms with Gasteiger partial charge < -0.3 is 9.88 Å². The summed E-state index contributed by atoms with van der Waals surface area (Å²) in [6.45, 7) is 2.12. The van der Waals surface area contributed by atoms with Crippen LogP contribution in [0.3, 0.4) is 0 Å². The van der Waals surface area contributed by atoms with Crippen LogP contribution in [0.4, 0.5) is 4.79 Å². The molecular weight excluding hydrogens is 326 g/mol. The van der Waals surface area contributed by atoms with Crippen LogP contribution in [-0.4, -0.2) is 32.0 Å². The molecule has 1 heterocycles. The predicted molar refractivity (Wildman–Crippen MR) is 90.4 cm³/mol. The molecular formula is C16H19N5O2S. The quantitative estimate of drug-likeness (QED) is 0.783. The molecule has 3 amide bonds. The standard InChI is InChI=1S/C16H19N5O2S/c1-11(24-16-20-18-10-21(16)13-7-8-13)14(22)19-15(23)17-9-12-5-3-2-4-6-12/h2-6,10-11,13H,7-9H2,1H3,(H2,17,19,22,23)/t11-/m0/s1. The molecule has 0 radical (unpaired) electrons. The number of hydrogen-bond acceptors (Lipinski definition) is 5. The molecule has 2 N–H and O–H groups in total. The largest absolute Gasteiger partial charge is 0.334 e. The monoisotopic (exact) mass is 345 g/mol. The van der Waals surface area contributed by atoms with Crippen LogP contribution in [0.1, 0.15) is 31.4 Å². The van der Waals surface area contributed by atoms with Crippen LogP contribution < -0.4 is 10.6 Å². The number of benzene rings is 1. The van der Waals surface area contributed by atoms with Crippen molar-refractivity contribution in [1.82, 2.24) is 25.4 Å². The molecule has 1 aromatic heterocycles. The van der Waals surface area contributed by atoms with Crippen LogP contribution in [0, 0.1) is 0 Å². The normalized spacial score (nSPS) is 14.9. The molecule has 0 saturated heterocycles. The van der Waals surface area contributed by atoms with Gasteiger partial charge in [-0.15, -0.1) is 10.2 Å². The SMILES string of the molecule is C[C@H](Sc1nncn1C1CC1)C(=O)NC(=O)NCc1ccccc1. The number of thioether (sulfide) groups is 1. The Balaban J connectivity index is 1.46. The first-order valence-corrected chi connectivity index (χ1v) is 8.70. The molecule has 2 aromatic rings. The van der Waals surface area contributed by atoms with Crippen molar-refractivity contribution in [1.29, 1.82) is 0 Å². The fourth-order valence-electron chi connectivity index (χ4n) is 2.17. The first-order valence-electron chi connectivity index (χ1n) is 7.82. The van der Waals surface area contributed by atoms with E-state index in [1.54, 1.807) is 13.3 Å². The fourth-order valence-corrected chi connectivity index (χ4v) is 3.06. The van der Waals surface area contributed by atoms with Gasteiger partial charge in [0.1, 0.15) is 6.33 Å². The summed E-state index contributed by atoms with van der Waals surface area (Å²) in [4.78, 5) is 24.0. The second kappa shape index (κ2) is 7.48. The lowest BCUT2D eigenvalue weighted by Gasteiger charge is -2.12. The molecule has 0 spiro atoms. The van der Waals surface area contributed by atoms with Crippen molar-refractivity contribution >= 4 is 23.7 Å². The highest BCUT2D eigenvalue weighted by Gasteiger charge is 2.28. The lowest BCUT2D eigenvalue weighted by atomic mass is 10.2. The average molecular weight is 345 g/mol. The highest BCUT2D eigenvalue weighted by atomic mass is 32.2. The zero-order valence-corrected chi connectivity index (χ0v) is 14.1. The molecule has 1 aromatic carbocycles.